The molecule has 0 aromatic heterocycles. The Labute approximate surface area is 93.6 Å². The number of ketones is 1. The van der Waals surface area contributed by atoms with Gasteiger partial charge in [0.1, 0.15) is 5.82 Å². The Morgan fingerprint density at radius 3 is 3.12 bits per heavy atom. The summed E-state index contributed by atoms with van der Waals surface area (Å²) in [6, 6.07) is 5.76. The van der Waals surface area contributed by atoms with Gasteiger partial charge in [-0.15, -0.1) is 0 Å². The van der Waals surface area contributed by atoms with Crippen LogP contribution in [0.2, 0.25) is 0 Å². The van der Waals surface area contributed by atoms with E-state index in [4.69, 9.17) is 4.74 Å². The van der Waals surface area contributed by atoms with Crippen LogP contribution in [0.5, 0.6) is 0 Å². The number of ether oxygens (including phenoxy) is 1. The third-order valence-electron chi connectivity index (χ3n) is 2.56. The third kappa shape index (κ3) is 2.87. The molecule has 1 aliphatic heterocycles. The van der Waals surface area contributed by atoms with Gasteiger partial charge in [-0.05, 0) is 12.1 Å². The molecule has 86 valence electrons. The van der Waals surface area contributed by atoms with Crippen molar-refractivity contribution in [2.24, 2.45) is 0 Å². The van der Waals surface area contributed by atoms with Crippen LogP contribution in [0.25, 0.3) is 0 Å². The molecule has 1 saturated heterocycles. The molecule has 4 heteroatoms. The number of hydrogen-bond donors (Lipinski definition) is 1. The largest absolute Gasteiger partial charge is 0.375 e. The zero-order valence-corrected chi connectivity index (χ0v) is 8.91. The first-order chi connectivity index (χ1) is 7.75. The number of morpholine rings is 1. The highest BCUT2D eigenvalue weighted by molar-refractivity contribution is 5.96. The minimum absolute atomic E-state index is 0.0757. The van der Waals surface area contributed by atoms with Crippen molar-refractivity contribution in [3.63, 3.8) is 0 Å². The quantitative estimate of drug-likeness (QED) is 0.787. The van der Waals surface area contributed by atoms with Gasteiger partial charge >= 0.3 is 0 Å². The number of halogens is 1. The summed E-state index contributed by atoms with van der Waals surface area (Å²) < 4.78 is 18.3. The van der Waals surface area contributed by atoms with Gasteiger partial charge in [-0.2, -0.15) is 0 Å². The molecule has 0 spiro atoms. The van der Waals surface area contributed by atoms with Crippen molar-refractivity contribution in [2.45, 2.75) is 12.5 Å². The fourth-order valence-electron chi connectivity index (χ4n) is 1.74. The Kier molecular flexibility index (Phi) is 3.64. The Morgan fingerprint density at radius 1 is 1.56 bits per heavy atom. The van der Waals surface area contributed by atoms with Crippen LogP contribution in [-0.4, -0.2) is 31.6 Å². The molecule has 0 bridgehead atoms. The lowest BCUT2D eigenvalue weighted by Crippen LogP contribution is -2.39. The Balaban J connectivity index is 1.97. The lowest BCUT2D eigenvalue weighted by atomic mass is 10.0. The van der Waals surface area contributed by atoms with E-state index in [0.29, 0.717) is 25.1 Å². The van der Waals surface area contributed by atoms with Crippen molar-refractivity contribution >= 4 is 5.78 Å². The molecule has 1 atom stereocenters. The maximum Gasteiger partial charge on any atom is 0.165 e. The molecule has 0 aliphatic carbocycles. The number of nitrogens with one attached hydrogen (secondary N) is 1. The molecule has 0 amide bonds. The lowest BCUT2D eigenvalue weighted by Gasteiger charge is -2.22. The Hall–Kier alpha value is -1.26. The second kappa shape index (κ2) is 5.18. The van der Waals surface area contributed by atoms with E-state index in [1.807, 2.05) is 0 Å². The molecule has 0 radical (unpaired) electrons. The monoisotopic (exact) mass is 223 g/mol. The molecule has 1 aromatic carbocycles. The molecule has 1 fully saturated rings. The topological polar surface area (TPSA) is 38.3 Å². The number of benzene rings is 1. The summed E-state index contributed by atoms with van der Waals surface area (Å²) in [4.78, 5) is 11.8. The van der Waals surface area contributed by atoms with E-state index in [9.17, 15) is 9.18 Å². The zero-order chi connectivity index (χ0) is 11.4. The van der Waals surface area contributed by atoms with Crippen LogP contribution in [0.15, 0.2) is 24.3 Å². The summed E-state index contributed by atoms with van der Waals surface area (Å²) in [5, 5.41) is 3.15. The Bertz CT molecular complexity index is 375. The SMILES string of the molecule is O=C(CC1CNCCO1)c1cccc(F)c1. The van der Waals surface area contributed by atoms with Crippen molar-refractivity contribution < 1.29 is 13.9 Å². The van der Waals surface area contributed by atoms with Crippen molar-refractivity contribution in [1.29, 1.82) is 0 Å². The molecule has 1 aliphatic rings. The summed E-state index contributed by atoms with van der Waals surface area (Å²) in [7, 11) is 0. The number of carbonyl (C=O) groups excluding carboxylic acids is 1. The lowest BCUT2D eigenvalue weighted by molar-refractivity contribution is 0.0240. The molecule has 16 heavy (non-hydrogen) atoms. The first-order valence-corrected chi connectivity index (χ1v) is 5.37. The molecule has 2 rings (SSSR count). The zero-order valence-electron chi connectivity index (χ0n) is 8.91. The van der Waals surface area contributed by atoms with Gasteiger partial charge in [0.2, 0.25) is 0 Å². The van der Waals surface area contributed by atoms with E-state index in [0.717, 1.165) is 6.54 Å². The first kappa shape index (κ1) is 11.2. The van der Waals surface area contributed by atoms with Gasteiger partial charge in [0.05, 0.1) is 12.7 Å². The minimum atomic E-state index is -0.381. The fraction of sp³-hybridized carbons (Fsp3) is 0.417. The van der Waals surface area contributed by atoms with E-state index >= 15 is 0 Å². The predicted octanol–water partition coefficient (Wildman–Crippen LogP) is 1.39. The summed E-state index contributed by atoms with van der Waals surface area (Å²) >= 11 is 0. The van der Waals surface area contributed by atoms with Gasteiger partial charge in [-0.25, -0.2) is 4.39 Å². The number of rotatable bonds is 3. The number of carbonyl (C=O) groups is 1. The second-order valence-electron chi connectivity index (χ2n) is 3.83. The molecular formula is C12H14FNO2. The second-order valence-corrected chi connectivity index (χ2v) is 3.83. The van der Waals surface area contributed by atoms with Gasteiger partial charge in [-0.1, -0.05) is 12.1 Å². The van der Waals surface area contributed by atoms with E-state index < -0.39 is 0 Å². The van der Waals surface area contributed by atoms with Crippen LogP contribution in [0.1, 0.15) is 16.8 Å². The van der Waals surface area contributed by atoms with Gasteiger partial charge in [0.15, 0.2) is 5.78 Å². The van der Waals surface area contributed by atoms with E-state index in [2.05, 4.69) is 5.32 Å². The number of hydrogen-bond acceptors (Lipinski definition) is 3. The highest BCUT2D eigenvalue weighted by Gasteiger charge is 2.18. The van der Waals surface area contributed by atoms with Gasteiger partial charge in [0.25, 0.3) is 0 Å². The normalized spacial score (nSPS) is 20.7. The van der Waals surface area contributed by atoms with Crippen molar-refractivity contribution in [3.8, 4) is 0 Å². The third-order valence-corrected chi connectivity index (χ3v) is 2.56. The summed E-state index contributed by atoms with van der Waals surface area (Å²) in [5.74, 6) is -0.457. The van der Waals surface area contributed by atoms with Crippen LogP contribution >= 0.6 is 0 Å². The summed E-state index contributed by atoms with van der Waals surface area (Å²) in [5.41, 5.74) is 0.411. The van der Waals surface area contributed by atoms with Gasteiger partial charge in [-0.3, -0.25) is 4.79 Å². The summed E-state index contributed by atoms with van der Waals surface area (Å²) in [6.45, 7) is 2.13. The van der Waals surface area contributed by atoms with Crippen molar-refractivity contribution in [2.75, 3.05) is 19.7 Å². The van der Waals surface area contributed by atoms with Gasteiger partial charge in [0, 0.05) is 25.1 Å². The number of Topliss-reactive ketones (excluding diaryl/α,β-unsaturated/α-hetero) is 1. The molecule has 1 unspecified atom stereocenters. The average molecular weight is 223 g/mol. The molecule has 1 heterocycles. The predicted molar refractivity (Wildman–Crippen MR) is 58.0 cm³/mol. The minimum Gasteiger partial charge on any atom is -0.375 e. The smallest absolute Gasteiger partial charge is 0.165 e. The standard InChI is InChI=1S/C12H14FNO2/c13-10-3-1-2-9(6-10)12(15)7-11-8-14-4-5-16-11/h1-3,6,11,14H,4-5,7-8H2. The van der Waals surface area contributed by atoms with Crippen molar-refractivity contribution in [1.82, 2.24) is 5.32 Å². The maximum absolute atomic E-state index is 12.9. The average Bonchev–Trinajstić information content (AvgIpc) is 2.30. The maximum atomic E-state index is 12.9. The van der Waals surface area contributed by atoms with E-state index in [1.54, 1.807) is 12.1 Å². The van der Waals surface area contributed by atoms with Crippen LogP contribution in [0.4, 0.5) is 4.39 Å². The van der Waals surface area contributed by atoms with E-state index in [-0.39, 0.29) is 17.7 Å². The van der Waals surface area contributed by atoms with Crippen LogP contribution in [-0.2, 0) is 4.74 Å². The van der Waals surface area contributed by atoms with Crippen LogP contribution in [0, 0.1) is 5.82 Å². The molecular weight excluding hydrogens is 209 g/mol. The van der Waals surface area contributed by atoms with Crippen molar-refractivity contribution in [3.05, 3.63) is 35.6 Å². The van der Waals surface area contributed by atoms with Crippen LogP contribution < -0.4 is 5.32 Å². The fourth-order valence-corrected chi connectivity index (χ4v) is 1.74. The summed E-state index contributed by atoms with van der Waals surface area (Å²) in [6.07, 6.45) is 0.209. The molecule has 0 saturated carbocycles. The first-order valence-electron chi connectivity index (χ1n) is 5.37. The highest BCUT2D eigenvalue weighted by atomic mass is 19.1. The van der Waals surface area contributed by atoms with Gasteiger partial charge < -0.3 is 10.1 Å². The highest BCUT2D eigenvalue weighted by Crippen LogP contribution is 2.10. The Morgan fingerprint density at radius 2 is 2.44 bits per heavy atom. The molecule has 3 nitrogen and oxygen atoms in total. The van der Waals surface area contributed by atoms with Crippen LogP contribution in [0.3, 0.4) is 0 Å². The molecule has 1 N–H and O–H groups in total. The van der Waals surface area contributed by atoms with E-state index in [1.165, 1.54) is 12.1 Å². The molecule has 1 aromatic rings.